The first-order valence-electron chi connectivity index (χ1n) is 7.67. The summed E-state index contributed by atoms with van der Waals surface area (Å²) in [6.07, 6.45) is 3.58. The van der Waals surface area contributed by atoms with E-state index in [0.717, 1.165) is 42.0 Å². The molecule has 0 N–H and O–H groups in total. The fourth-order valence-corrected chi connectivity index (χ4v) is 3.07. The van der Waals surface area contributed by atoms with Gasteiger partial charge in [-0.25, -0.2) is 4.39 Å². The highest BCUT2D eigenvalue weighted by molar-refractivity contribution is 5.82. The summed E-state index contributed by atoms with van der Waals surface area (Å²) in [5, 5.41) is 4.81. The third kappa shape index (κ3) is 2.53. The van der Waals surface area contributed by atoms with E-state index in [9.17, 15) is 4.39 Å². The van der Waals surface area contributed by atoms with Gasteiger partial charge in [0.05, 0.1) is 12.2 Å². The summed E-state index contributed by atoms with van der Waals surface area (Å²) in [5.41, 5.74) is 5.25. The molecule has 0 radical (unpaired) electrons. The van der Waals surface area contributed by atoms with E-state index >= 15 is 0 Å². The van der Waals surface area contributed by atoms with Gasteiger partial charge in [0.25, 0.3) is 0 Å². The van der Waals surface area contributed by atoms with Gasteiger partial charge in [-0.2, -0.15) is 5.10 Å². The van der Waals surface area contributed by atoms with Gasteiger partial charge in [-0.15, -0.1) is 0 Å². The van der Waals surface area contributed by atoms with Crippen LogP contribution in [-0.2, 0) is 13.1 Å². The monoisotopic (exact) mass is 308 g/mol. The number of nitrogens with zero attached hydrogens (tertiary/aromatic N) is 4. The van der Waals surface area contributed by atoms with Crippen molar-refractivity contribution in [1.82, 2.24) is 19.7 Å². The molecule has 0 bridgehead atoms. The van der Waals surface area contributed by atoms with Crippen LogP contribution in [0.3, 0.4) is 0 Å². The number of halogens is 1. The normalized spacial score (nSPS) is 14.7. The van der Waals surface area contributed by atoms with Crippen LogP contribution in [0.4, 0.5) is 4.39 Å². The Morgan fingerprint density at radius 3 is 2.43 bits per heavy atom. The Kier molecular flexibility index (Phi) is 3.42. The molecule has 1 aliphatic rings. The quantitative estimate of drug-likeness (QED) is 0.729. The van der Waals surface area contributed by atoms with Crippen molar-refractivity contribution >= 4 is 0 Å². The molecule has 1 aliphatic heterocycles. The van der Waals surface area contributed by atoms with Gasteiger partial charge in [0.15, 0.2) is 0 Å². The molecular formula is C18H17FN4. The lowest BCUT2D eigenvalue weighted by atomic mass is 9.99. The maximum absolute atomic E-state index is 13.3. The van der Waals surface area contributed by atoms with Crippen LogP contribution in [0, 0.1) is 5.82 Å². The Morgan fingerprint density at radius 2 is 1.70 bits per heavy atom. The smallest absolute Gasteiger partial charge is 0.123 e. The molecular weight excluding hydrogens is 291 g/mol. The van der Waals surface area contributed by atoms with Crippen LogP contribution in [0.15, 0.2) is 48.8 Å². The molecule has 2 aromatic heterocycles. The lowest BCUT2D eigenvalue weighted by Gasteiger charge is -2.24. The number of likely N-dealkylation sites (N-methyl/N-ethyl adjacent to an activating group) is 1. The third-order valence-corrected chi connectivity index (χ3v) is 4.26. The minimum atomic E-state index is -0.233. The molecule has 0 amide bonds. The summed E-state index contributed by atoms with van der Waals surface area (Å²) in [4.78, 5) is 6.40. The second-order valence-corrected chi connectivity index (χ2v) is 5.87. The number of fused-ring (bicyclic) bond motifs is 1. The molecule has 0 spiro atoms. The molecule has 0 aliphatic carbocycles. The lowest BCUT2D eigenvalue weighted by molar-refractivity contribution is 0.259. The summed E-state index contributed by atoms with van der Waals surface area (Å²) in [6.45, 7) is 2.70. The molecule has 0 saturated carbocycles. The SMILES string of the molecule is CN1CCn2nc(-c3ccc(F)cc3)c(-c3ccncc3)c2C1. The topological polar surface area (TPSA) is 34.0 Å². The first kappa shape index (κ1) is 14.1. The first-order valence-corrected chi connectivity index (χ1v) is 7.67. The Morgan fingerprint density at radius 1 is 0.957 bits per heavy atom. The van der Waals surface area contributed by atoms with Crippen LogP contribution < -0.4 is 0 Å². The fourth-order valence-electron chi connectivity index (χ4n) is 3.07. The molecule has 116 valence electrons. The molecule has 0 unspecified atom stereocenters. The zero-order valence-electron chi connectivity index (χ0n) is 12.9. The van der Waals surface area contributed by atoms with Crippen molar-refractivity contribution in [2.24, 2.45) is 0 Å². The van der Waals surface area contributed by atoms with Crippen molar-refractivity contribution in [1.29, 1.82) is 0 Å². The van der Waals surface area contributed by atoms with Gasteiger partial charge in [-0.3, -0.25) is 14.6 Å². The maximum Gasteiger partial charge on any atom is 0.123 e. The summed E-state index contributed by atoms with van der Waals surface area (Å²) in [5.74, 6) is -0.233. The van der Waals surface area contributed by atoms with E-state index in [0.29, 0.717) is 0 Å². The van der Waals surface area contributed by atoms with Crippen LogP contribution in [0.2, 0.25) is 0 Å². The van der Waals surface area contributed by atoms with Crippen LogP contribution in [0.1, 0.15) is 5.69 Å². The Hall–Kier alpha value is -2.53. The van der Waals surface area contributed by atoms with Gasteiger partial charge in [0.2, 0.25) is 0 Å². The summed E-state index contributed by atoms with van der Waals surface area (Å²) in [7, 11) is 2.12. The van der Waals surface area contributed by atoms with E-state index in [1.165, 1.54) is 17.8 Å². The fraction of sp³-hybridized carbons (Fsp3) is 0.222. The molecule has 0 fully saturated rings. The van der Waals surface area contributed by atoms with Crippen LogP contribution in [0.5, 0.6) is 0 Å². The predicted octanol–water partition coefficient (Wildman–Crippen LogP) is 3.20. The van der Waals surface area contributed by atoms with Crippen LogP contribution in [-0.4, -0.2) is 33.3 Å². The number of hydrogen-bond donors (Lipinski definition) is 0. The van der Waals surface area contributed by atoms with E-state index in [1.54, 1.807) is 24.5 Å². The van der Waals surface area contributed by atoms with E-state index in [4.69, 9.17) is 5.10 Å². The zero-order valence-corrected chi connectivity index (χ0v) is 12.9. The number of aromatic nitrogens is 3. The number of hydrogen-bond acceptors (Lipinski definition) is 3. The van der Waals surface area contributed by atoms with Crippen LogP contribution >= 0.6 is 0 Å². The second kappa shape index (κ2) is 5.59. The third-order valence-electron chi connectivity index (χ3n) is 4.26. The average molecular weight is 308 g/mol. The van der Waals surface area contributed by atoms with Gasteiger partial charge in [0.1, 0.15) is 11.5 Å². The minimum Gasteiger partial charge on any atom is -0.299 e. The molecule has 5 heteroatoms. The largest absolute Gasteiger partial charge is 0.299 e. The highest BCUT2D eigenvalue weighted by Gasteiger charge is 2.24. The van der Waals surface area contributed by atoms with E-state index in [-0.39, 0.29) is 5.82 Å². The maximum atomic E-state index is 13.3. The first-order chi connectivity index (χ1) is 11.2. The molecule has 4 nitrogen and oxygen atoms in total. The van der Waals surface area contributed by atoms with Gasteiger partial charge in [0, 0.05) is 36.6 Å². The molecule has 23 heavy (non-hydrogen) atoms. The predicted molar refractivity (Wildman–Crippen MR) is 87.2 cm³/mol. The van der Waals surface area contributed by atoms with Gasteiger partial charge in [-0.05, 0) is 49.0 Å². The van der Waals surface area contributed by atoms with Crippen molar-refractivity contribution in [3.05, 3.63) is 60.3 Å². The molecule has 0 atom stereocenters. The number of rotatable bonds is 2. The zero-order chi connectivity index (χ0) is 15.8. The van der Waals surface area contributed by atoms with E-state index < -0.39 is 0 Å². The molecule has 0 saturated heterocycles. The Balaban J connectivity index is 1.93. The van der Waals surface area contributed by atoms with Crippen molar-refractivity contribution in [2.45, 2.75) is 13.1 Å². The summed E-state index contributed by atoms with van der Waals surface area (Å²) in [6, 6.07) is 10.5. The van der Waals surface area contributed by atoms with Crippen molar-refractivity contribution in [3.8, 4) is 22.4 Å². The number of benzene rings is 1. The minimum absolute atomic E-state index is 0.233. The van der Waals surface area contributed by atoms with E-state index in [1.807, 2.05) is 12.1 Å². The molecule has 1 aromatic carbocycles. The molecule has 3 aromatic rings. The molecule has 3 heterocycles. The van der Waals surface area contributed by atoms with Gasteiger partial charge >= 0.3 is 0 Å². The summed E-state index contributed by atoms with van der Waals surface area (Å²) >= 11 is 0. The highest BCUT2D eigenvalue weighted by Crippen LogP contribution is 2.36. The van der Waals surface area contributed by atoms with Gasteiger partial charge in [-0.1, -0.05) is 0 Å². The number of pyridine rings is 1. The Labute approximate surface area is 134 Å². The van der Waals surface area contributed by atoms with Crippen molar-refractivity contribution in [2.75, 3.05) is 13.6 Å². The highest BCUT2D eigenvalue weighted by atomic mass is 19.1. The van der Waals surface area contributed by atoms with Crippen molar-refractivity contribution < 1.29 is 4.39 Å². The van der Waals surface area contributed by atoms with E-state index in [2.05, 4.69) is 21.6 Å². The van der Waals surface area contributed by atoms with Crippen LogP contribution in [0.25, 0.3) is 22.4 Å². The standard InChI is InChI=1S/C18H17FN4/c1-22-10-11-23-16(12-22)17(13-6-8-20-9-7-13)18(21-23)14-2-4-15(19)5-3-14/h2-9H,10-12H2,1H3. The van der Waals surface area contributed by atoms with Gasteiger partial charge < -0.3 is 0 Å². The summed E-state index contributed by atoms with van der Waals surface area (Å²) < 4.78 is 15.3. The second-order valence-electron chi connectivity index (χ2n) is 5.87. The molecule has 4 rings (SSSR count). The lowest BCUT2D eigenvalue weighted by Crippen LogP contribution is -2.30. The van der Waals surface area contributed by atoms with Crippen molar-refractivity contribution in [3.63, 3.8) is 0 Å². The average Bonchev–Trinajstić information content (AvgIpc) is 2.95. The Bertz CT molecular complexity index is 824.